The van der Waals surface area contributed by atoms with Gasteiger partial charge in [-0.3, -0.25) is 14.9 Å². The van der Waals surface area contributed by atoms with E-state index in [4.69, 9.17) is 0 Å². The largest absolute Gasteiger partial charge is 0.312 e. The highest BCUT2D eigenvalue weighted by Crippen LogP contribution is 2.26. The zero-order valence-corrected chi connectivity index (χ0v) is 10.3. The summed E-state index contributed by atoms with van der Waals surface area (Å²) in [5, 5.41) is 14.4. The Balaban J connectivity index is 2.33. The maximum absolute atomic E-state index is 12.3. The Hall–Kier alpha value is -1.79. The lowest BCUT2D eigenvalue weighted by atomic mass is 10.1. The number of non-ortho nitro benzene ring substituents is 1. The van der Waals surface area contributed by atoms with Crippen molar-refractivity contribution in [3.05, 3.63) is 49.0 Å². The van der Waals surface area contributed by atoms with Crippen LogP contribution in [0.2, 0.25) is 0 Å². The van der Waals surface area contributed by atoms with Crippen molar-refractivity contribution >= 4 is 27.1 Å². The van der Waals surface area contributed by atoms with Gasteiger partial charge in [-0.1, -0.05) is 0 Å². The van der Waals surface area contributed by atoms with Gasteiger partial charge in [-0.25, -0.2) is 0 Å². The molecule has 0 atom stereocenters. The fourth-order valence-corrected chi connectivity index (χ4v) is 3.33. The van der Waals surface area contributed by atoms with E-state index in [-0.39, 0.29) is 11.1 Å². The number of rotatable bonds is 1. The Labute approximate surface area is 106 Å². The van der Waals surface area contributed by atoms with Gasteiger partial charge in [-0.15, -0.1) is 11.3 Å². The van der Waals surface area contributed by atoms with Crippen molar-refractivity contribution in [3.63, 3.8) is 0 Å². The van der Waals surface area contributed by atoms with Gasteiger partial charge >= 0.3 is 0 Å². The van der Waals surface area contributed by atoms with E-state index in [1.54, 1.807) is 17.4 Å². The van der Waals surface area contributed by atoms with E-state index in [0.717, 1.165) is 28.1 Å². The van der Waals surface area contributed by atoms with Crippen molar-refractivity contribution in [3.8, 4) is 0 Å². The highest BCUT2D eigenvalue weighted by atomic mass is 32.1. The van der Waals surface area contributed by atoms with Crippen molar-refractivity contribution in [2.24, 2.45) is 0 Å². The van der Waals surface area contributed by atoms with Crippen LogP contribution in [0.15, 0.2) is 23.0 Å². The first-order chi connectivity index (χ1) is 8.66. The molecular formula is C12H10N2O3S. The van der Waals surface area contributed by atoms with Gasteiger partial charge in [0.15, 0.2) is 5.43 Å². The molecule has 18 heavy (non-hydrogen) atoms. The average Bonchev–Trinajstić information content (AvgIpc) is 2.38. The quantitative estimate of drug-likeness (QED) is 0.628. The molecule has 0 unspecified atom stereocenters. The summed E-state index contributed by atoms with van der Waals surface area (Å²) in [7, 11) is 0. The third-order valence-corrected chi connectivity index (χ3v) is 4.37. The van der Waals surface area contributed by atoms with Gasteiger partial charge in [0.1, 0.15) is 0 Å². The zero-order valence-electron chi connectivity index (χ0n) is 9.43. The SMILES string of the molecule is O=c1c2c(sc3ccc([N+](=O)[O-])cc13)CCNC2. The van der Waals surface area contributed by atoms with Crippen molar-refractivity contribution in [2.45, 2.75) is 13.0 Å². The molecule has 1 aliphatic heterocycles. The lowest BCUT2D eigenvalue weighted by Gasteiger charge is -2.15. The minimum absolute atomic E-state index is 0.0319. The predicted octanol–water partition coefficient (Wildman–Crippen LogP) is 1.82. The minimum Gasteiger partial charge on any atom is -0.312 e. The first-order valence-electron chi connectivity index (χ1n) is 5.60. The number of nitro benzene ring substituents is 1. The molecule has 2 aromatic rings. The second-order valence-corrected chi connectivity index (χ2v) is 5.33. The Bertz CT molecular complexity index is 708. The molecule has 3 rings (SSSR count). The van der Waals surface area contributed by atoms with Gasteiger partial charge in [-0.05, 0) is 12.5 Å². The predicted molar refractivity (Wildman–Crippen MR) is 70.2 cm³/mol. The van der Waals surface area contributed by atoms with E-state index in [0.29, 0.717) is 11.9 Å². The van der Waals surface area contributed by atoms with Crippen LogP contribution in [0.5, 0.6) is 0 Å². The molecule has 1 N–H and O–H groups in total. The summed E-state index contributed by atoms with van der Waals surface area (Å²) < 4.78 is 0.825. The van der Waals surface area contributed by atoms with Crippen molar-refractivity contribution in [2.75, 3.05) is 6.54 Å². The number of nitrogens with one attached hydrogen (secondary N) is 1. The number of benzene rings is 1. The number of hydrogen-bond acceptors (Lipinski definition) is 5. The molecule has 92 valence electrons. The Morgan fingerprint density at radius 2 is 2.22 bits per heavy atom. The number of fused-ring (bicyclic) bond motifs is 2. The third kappa shape index (κ3) is 1.70. The molecule has 0 fully saturated rings. The summed E-state index contributed by atoms with van der Waals surface area (Å²) in [6, 6.07) is 4.50. The van der Waals surface area contributed by atoms with Crippen LogP contribution in [0, 0.1) is 10.1 Å². The third-order valence-electron chi connectivity index (χ3n) is 3.09. The fraction of sp³-hybridized carbons (Fsp3) is 0.250. The first-order valence-corrected chi connectivity index (χ1v) is 6.42. The number of nitro groups is 1. The molecule has 0 saturated heterocycles. The minimum atomic E-state index is -0.471. The smallest absolute Gasteiger partial charge is 0.270 e. The maximum Gasteiger partial charge on any atom is 0.270 e. The van der Waals surface area contributed by atoms with Gasteiger partial charge in [0, 0.05) is 45.7 Å². The Morgan fingerprint density at radius 1 is 1.39 bits per heavy atom. The Kier molecular flexibility index (Phi) is 2.61. The zero-order chi connectivity index (χ0) is 12.7. The van der Waals surface area contributed by atoms with E-state index in [1.165, 1.54) is 12.1 Å². The summed E-state index contributed by atoms with van der Waals surface area (Å²) in [4.78, 5) is 23.7. The average molecular weight is 262 g/mol. The first kappa shape index (κ1) is 11.3. The molecular weight excluding hydrogens is 252 g/mol. The normalized spacial score (nSPS) is 14.4. The highest BCUT2D eigenvalue weighted by Gasteiger charge is 2.17. The van der Waals surface area contributed by atoms with Crippen LogP contribution in [-0.2, 0) is 13.0 Å². The van der Waals surface area contributed by atoms with Crippen LogP contribution < -0.4 is 10.7 Å². The summed E-state index contributed by atoms with van der Waals surface area (Å²) in [6.45, 7) is 1.44. The lowest BCUT2D eigenvalue weighted by Crippen LogP contribution is -2.28. The molecule has 0 amide bonds. The monoisotopic (exact) mass is 262 g/mol. The van der Waals surface area contributed by atoms with Gasteiger partial charge in [0.2, 0.25) is 0 Å². The topological polar surface area (TPSA) is 72.2 Å². The highest BCUT2D eigenvalue weighted by molar-refractivity contribution is 7.18. The van der Waals surface area contributed by atoms with Crippen LogP contribution in [0.3, 0.4) is 0 Å². The number of nitrogens with zero attached hydrogens (tertiary/aromatic N) is 1. The lowest BCUT2D eigenvalue weighted by molar-refractivity contribution is -0.384. The summed E-state index contributed by atoms with van der Waals surface area (Å²) in [6.07, 6.45) is 0.849. The van der Waals surface area contributed by atoms with E-state index in [9.17, 15) is 14.9 Å². The second-order valence-electron chi connectivity index (χ2n) is 4.20. The number of hydrogen-bond donors (Lipinski definition) is 1. The second kappa shape index (κ2) is 4.15. The maximum atomic E-state index is 12.3. The van der Waals surface area contributed by atoms with E-state index in [1.807, 2.05) is 0 Å². The fourth-order valence-electron chi connectivity index (χ4n) is 2.18. The molecule has 1 aromatic carbocycles. The van der Waals surface area contributed by atoms with Crippen LogP contribution in [0.4, 0.5) is 5.69 Å². The van der Waals surface area contributed by atoms with E-state index in [2.05, 4.69) is 5.32 Å². The van der Waals surface area contributed by atoms with Crippen LogP contribution in [0.25, 0.3) is 10.1 Å². The van der Waals surface area contributed by atoms with Crippen molar-refractivity contribution < 1.29 is 4.92 Å². The van der Waals surface area contributed by atoms with Gasteiger partial charge in [-0.2, -0.15) is 0 Å². The molecule has 2 heterocycles. The molecule has 1 aromatic heterocycles. The van der Waals surface area contributed by atoms with Crippen LogP contribution in [-0.4, -0.2) is 11.5 Å². The summed E-state index contributed by atoms with van der Waals surface area (Å²) >= 11 is 1.56. The van der Waals surface area contributed by atoms with Crippen LogP contribution >= 0.6 is 11.3 Å². The molecule has 0 bridgehead atoms. The molecule has 5 nitrogen and oxygen atoms in total. The summed E-state index contributed by atoms with van der Waals surface area (Å²) in [5.41, 5.74) is 0.657. The molecule has 1 aliphatic rings. The molecule has 0 spiro atoms. The molecule has 6 heteroatoms. The van der Waals surface area contributed by atoms with Crippen molar-refractivity contribution in [1.29, 1.82) is 0 Å². The van der Waals surface area contributed by atoms with E-state index < -0.39 is 4.92 Å². The van der Waals surface area contributed by atoms with E-state index >= 15 is 0 Å². The summed E-state index contributed by atoms with van der Waals surface area (Å²) in [5.74, 6) is 0. The molecule has 0 radical (unpaired) electrons. The Morgan fingerprint density at radius 3 is 3.00 bits per heavy atom. The van der Waals surface area contributed by atoms with Gasteiger partial charge in [0.05, 0.1) is 4.92 Å². The molecule has 0 saturated carbocycles. The van der Waals surface area contributed by atoms with Crippen molar-refractivity contribution in [1.82, 2.24) is 5.32 Å². The van der Waals surface area contributed by atoms with Gasteiger partial charge < -0.3 is 5.32 Å². The standard InChI is InChI=1S/C12H10N2O3S/c15-12-8-5-7(14(16)17)1-2-10(8)18-11-3-4-13-6-9(11)12/h1-2,5,13H,3-4,6H2. The molecule has 0 aliphatic carbocycles. The van der Waals surface area contributed by atoms with Gasteiger partial charge in [0.25, 0.3) is 5.69 Å². The van der Waals surface area contributed by atoms with Crippen LogP contribution in [0.1, 0.15) is 10.4 Å².